The van der Waals surface area contributed by atoms with Crippen LogP contribution >= 0.6 is 0 Å². The van der Waals surface area contributed by atoms with Crippen molar-refractivity contribution in [3.63, 3.8) is 0 Å². The lowest BCUT2D eigenvalue weighted by Crippen LogP contribution is -2.14. The van der Waals surface area contributed by atoms with Crippen LogP contribution < -0.4 is 5.56 Å². The van der Waals surface area contributed by atoms with Crippen molar-refractivity contribution < 1.29 is 9.18 Å². The molecule has 0 aliphatic rings. The lowest BCUT2D eigenvalue weighted by atomic mass is 10.1. The molecule has 0 saturated carbocycles. The number of aromatic amines is 1. The first-order valence-corrected chi connectivity index (χ1v) is 4.41. The van der Waals surface area contributed by atoms with Gasteiger partial charge in [0.15, 0.2) is 6.29 Å². The van der Waals surface area contributed by atoms with E-state index in [1.165, 1.54) is 12.1 Å². The Morgan fingerprint density at radius 3 is 2.80 bits per heavy atom. The van der Waals surface area contributed by atoms with Crippen LogP contribution in [-0.2, 0) is 0 Å². The van der Waals surface area contributed by atoms with Gasteiger partial charge in [-0.15, -0.1) is 0 Å². The van der Waals surface area contributed by atoms with Crippen LogP contribution in [0.2, 0.25) is 0 Å². The first-order chi connectivity index (χ1) is 7.13. The average Bonchev–Trinajstić information content (AvgIpc) is 2.17. The molecular weight excluding hydrogens is 197 g/mol. The third-order valence-corrected chi connectivity index (χ3v) is 2.40. The molecule has 1 aromatic heterocycles. The monoisotopic (exact) mass is 205 g/mol. The summed E-state index contributed by atoms with van der Waals surface area (Å²) in [7, 11) is 0. The van der Waals surface area contributed by atoms with Crippen LogP contribution in [0.1, 0.15) is 15.9 Å². The number of hydrogen-bond acceptors (Lipinski definition) is 2. The van der Waals surface area contributed by atoms with E-state index in [-0.39, 0.29) is 5.56 Å². The van der Waals surface area contributed by atoms with E-state index in [4.69, 9.17) is 0 Å². The van der Waals surface area contributed by atoms with Crippen LogP contribution in [0.25, 0.3) is 10.9 Å². The summed E-state index contributed by atoms with van der Waals surface area (Å²) >= 11 is 0. The van der Waals surface area contributed by atoms with Crippen molar-refractivity contribution in [2.75, 3.05) is 0 Å². The summed E-state index contributed by atoms with van der Waals surface area (Å²) in [6, 6.07) is 4.07. The highest BCUT2D eigenvalue weighted by Crippen LogP contribution is 2.17. The fourth-order valence-electron chi connectivity index (χ4n) is 1.59. The van der Waals surface area contributed by atoms with Crippen LogP contribution in [0, 0.1) is 12.7 Å². The Balaban J connectivity index is 2.97. The second kappa shape index (κ2) is 3.31. The molecule has 0 aliphatic carbocycles. The third kappa shape index (κ3) is 1.44. The molecule has 0 amide bonds. The Kier molecular flexibility index (Phi) is 2.11. The first-order valence-electron chi connectivity index (χ1n) is 4.41. The van der Waals surface area contributed by atoms with Crippen molar-refractivity contribution in [3.05, 3.63) is 45.5 Å². The molecule has 76 valence electrons. The van der Waals surface area contributed by atoms with Gasteiger partial charge in [-0.25, -0.2) is 4.39 Å². The molecule has 0 radical (unpaired) electrons. The molecule has 0 saturated heterocycles. The minimum atomic E-state index is -0.486. The molecule has 2 aromatic rings. The zero-order chi connectivity index (χ0) is 11.0. The summed E-state index contributed by atoms with van der Waals surface area (Å²) < 4.78 is 12.9. The van der Waals surface area contributed by atoms with Gasteiger partial charge in [-0.05, 0) is 30.7 Å². The fraction of sp³-hybridized carbons (Fsp3) is 0.0909. The molecule has 15 heavy (non-hydrogen) atoms. The van der Waals surface area contributed by atoms with E-state index in [1.54, 1.807) is 13.0 Å². The second-order valence-corrected chi connectivity index (χ2v) is 3.30. The molecule has 0 atom stereocenters. The van der Waals surface area contributed by atoms with E-state index >= 15 is 0 Å². The molecule has 0 aliphatic heterocycles. The van der Waals surface area contributed by atoms with Crippen molar-refractivity contribution in [1.82, 2.24) is 4.98 Å². The molecule has 1 aromatic carbocycles. The number of aldehydes is 1. The van der Waals surface area contributed by atoms with E-state index in [1.807, 2.05) is 0 Å². The van der Waals surface area contributed by atoms with Gasteiger partial charge in [0.05, 0.1) is 11.1 Å². The molecule has 4 heteroatoms. The number of hydrogen-bond donors (Lipinski definition) is 1. The Bertz CT molecular complexity index is 601. The summed E-state index contributed by atoms with van der Waals surface area (Å²) in [4.78, 5) is 24.5. The summed E-state index contributed by atoms with van der Waals surface area (Å²) in [6.07, 6.45) is 0.511. The van der Waals surface area contributed by atoms with Gasteiger partial charge in [0.1, 0.15) is 5.82 Å². The molecular formula is C11H8FNO2. The fourth-order valence-corrected chi connectivity index (χ4v) is 1.59. The molecule has 1 N–H and O–H groups in total. The van der Waals surface area contributed by atoms with Gasteiger partial charge in [-0.2, -0.15) is 0 Å². The quantitative estimate of drug-likeness (QED) is 0.721. The number of aryl methyl sites for hydroxylation is 1. The number of nitrogens with one attached hydrogen (secondary N) is 1. The SMILES string of the molecule is Cc1c(C=O)c(=O)[nH]c2cc(F)ccc12. The van der Waals surface area contributed by atoms with E-state index in [0.717, 1.165) is 0 Å². The summed E-state index contributed by atoms with van der Waals surface area (Å²) in [5.41, 5.74) is 0.585. The maximum Gasteiger partial charge on any atom is 0.259 e. The third-order valence-electron chi connectivity index (χ3n) is 2.40. The minimum absolute atomic E-state index is 0.0918. The van der Waals surface area contributed by atoms with E-state index in [2.05, 4.69) is 4.98 Å². The predicted molar refractivity (Wildman–Crippen MR) is 54.7 cm³/mol. The maximum absolute atomic E-state index is 12.9. The maximum atomic E-state index is 12.9. The number of H-pyrrole nitrogens is 1. The lowest BCUT2D eigenvalue weighted by Gasteiger charge is -2.03. The average molecular weight is 205 g/mol. The number of halogens is 1. The molecule has 0 fully saturated rings. The Morgan fingerprint density at radius 1 is 1.40 bits per heavy atom. The molecule has 0 unspecified atom stereocenters. The van der Waals surface area contributed by atoms with Crippen molar-refractivity contribution in [1.29, 1.82) is 0 Å². The summed E-state index contributed by atoms with van der Waals surface area (Å²) in [6.45, 7) is 1.67. The van der Waals surface area contributed by atoms with Gasteiger partial charge in [0.2, 0.25) is 0 Å². The smallest absolute Gasteiger partial charge is 0.259 e. The van der Waals surface area contributed by atoms with E-state index < -0.39 is 11.4 Å². The van der Waals surface area contributed by atoms with Gasteiger partial charge in [-0.3, -0.25) is 9.59 Å². The summed E-state index contributed by atoms with van der Waals surface area (Å²) in [5, 5.41) is 0.679. The Labute approximate surface area is 84.6 Å². The van der Waals surface area contributed by atoms with Crippen molar-refractivity contribution in [2.24, 2.45) is 0 Å². The highest BCUT2D eigenvalue weighted by Gasteiger charge is 2.08. The Hall–Kier alpha value is -1.97. The lowest BCUT2D eigenvalue weighted by molar-refractivity contribution is 0.112. The van der Waals surface area contributed by atoms with Crippen molar-refractivity contribution in [3.8, 4) is 0 Å². The topological polar surface area (TPSA) is 49.9 Å². The standard InChI is InChI=1S/C11H8FNO2/c1-6-8-3-2-7(12)4-10(8)13-11(15)9(6)5-14/h2-5H,1H3,(H,13,15). The van der Waals surface area contributed by atoms with Crippen LogP contribution in [0.5, 0.6) is 0 Å². The summed E-state index contributed by atoms with van der Waals surface area (Å²) in [5.74, 6) is -0.420. The molecule has 0 bridgehead atoms. The van der Waals surface area contributed by atoms with Gasteiger partial charge < -0.3 is 4.98 Å². The molecule has 3 nitrogen and oxygen atoms in total. The number of aromatic nitrogens is 1. The van der Waals surface area contributed by atoms with Crippen LogP contribution in [0.4, 0.5) is 4.39 Å². The number of benzene rings is 1. The second-order valence-electron chi connectivity index (χ2n) is 3.30. The van der Waals surface area contributed by atoms with E-state index in [0.29, 0.717) is 22.8 Å². The minimum Gasteiger partial charge on any atom is -0.321 e. The van der Waals surface area contributed by atoms with Gasteiger partial charge >= 0.3 is 0 Å². The highest BCUT2D eigenvalue weighted by atomic mass is 19.1. The van der Waals surface area contributed by atoms with Crippen molar-refractivity contribution in [2.45, 2.75) is 6.92 Å². The predicted octanol–water partition coefficient (Wildman–Crippen LogP) is 1.79. The van der Waals surface area contributed by atoms with Gasteiger partial charge in [0, 0.05) is 5.39 Å². The zero-order valence-corrected chi connectivity index (χ0v) is 8.00. The Morgan fingerprint density at radius 2 is 2.13 bits per heavy atom. The van der Waals surface area contributed by atoms with Crippen molar-refractivity contribution >= 4 is 17.2 Å². The highest BCUT2D eigenvalue weighted by molar-refractivity contribution is 5.89. The molecule has 2 rings (SSSR count). The normalized spacial score (nSPS) is 10.5. The number of rotatable bonds is 1. The van der Waals surface area contributed by atoms with E-state index in [9.17, 15) is 14.0 Å². The van der Waals surface area contributed by atoms with Gasteiger partial charge in [-0.1, -0.05) is 0 Å². The first kappa shape index (κ1) is 9.58. The van der Waals surface area contributed by atoms with Gasteiger partial charge in [0.25, 0.3) is 5.56 Å². The number of pyridine rings is 1. The number of carbonyl (C=O) groups is 1. The molecule has 0 spiro atoms. The number of fused-ring (bicyclic) bond motifs is 1. The van der Waals surface area contributed by atoms with Crippen LogP contribution in [0.15, 0.2) is 23.0 Å². The number of carbonyl (C=O) groups excluding carboxylic acids is 1. The molecule has 1 heterocycles. The van der Waals surface area contributed by atoms with Crippen LogP contribution in [-0.4, -0.2) is 11.3 Å². The van der Waals surface area contributed by atoms with Crippen LogP contribution in [0.3, 0.4) is 0 Å². The largest absolute Gasteiger partial charge is 0.321 e. The zero-order valence-electron chi connectivity index (χ0n) is 8.00.